The molecular formula is C25H23FN6O. The molecule has 0 unspecified atom stereocenters. The number of para-hydroxylation sites is 1. The standard InChI is InChI=1S/C25H23FN6O/c1-17-24(25(33)28-22-10-3-2-9-21(22)26)29-30-32(17)23-11-6-7-18-15-31(14-12-20(18)23)16-19-8-4-5-13-27-19/h2-11,13H,12,14-16H2,1H3,(H,28,33). The first-order valence-corrected chi connectivity index (χ1v) is 10.8. The lowest BCUT2D eigenvalue weighted by atomic mass is 9.97. The van der Waals surface area contributed by atoms with E-state index in [4.69, 9.17) is 0 Å². The van der Waals surface area contributed by atoms with E-state index in [0.717, 1.165) is 37.4 Å². The number of benzene rings is 2. The van der Waals surface area contributed by atoms with Gasteiger partial charge in [0.1, 0.15) is 5.82 Å². The molecule has 0 aliphatic carbocycles. The van der Waals surface area contributed by atoms with Gasteiger partial charge in [0.2, 0.25) is 0 Å². The van der Waals surface area contributed by atoms with Crippen LogP contribution in [0.1, 0.15) is 33.0 Å². The highest BCUT2D eigenvalue weighted by molar-refractivity contribution is 6.03. The van der Waals surface area contributed by atoms with E-state index in [1.807, 2.05) is 36.5 Å². The lowest BCUT2D eigenvalue weighted by molar-refractivity contribution is 0.102. The van der Waals surface area contributed by atoms with Crippen molar-refractivity contribution in [1.29, 1.82) is 0 Å². The molecule has 5 rings (SSSR count). The maximum absolute atomic E-state index is 13.9. The van der Waals surface area contributed by atoms with Crippen molar-refractivity contribution in [2.24, 2.45) is 0 Å². The quantitative estimate of drug-likeness (QED) is 0.507. The van der Waals surface area contributed by atoms with Crippen LogP contribution in [0.15, 0.2) is 66.9 Å². The summed E-state index contributed by atoms with van der Waals surface area (Å²) >= 11 is 0. The number of carbonyl (C=O) groups is 1. The van der Waals surface area contributed by atoms with Crippen LogP contribution in [0.3, 0.4) is 0 Å². The second-order valence-corrected chi connectivity index (χ2v) is 8.07. The van der Waals surface area contributed by atoms with Crippen LogP contribution < -0.4 is 5.32 Å². The average molecular weight is 442 g/mol. The number of fused-ring (bicyclic) bond motifs is 1. The highest BCUT2D eigenvalue weighted by Crippen LogP contribution is 2.27. The average Bonchev–Trinajstić information content (AvgIpc) is 3.22. The van der Waals surface area contributed by atoms with Gasteiger partial charge in [-0.05, 0) is 54.8 Å². The van der Waals surface area contributed by atoms with E-state index < -0.39 is 11.7 Å². The van der Waals surface area contributed by atoms with Crippen molar-refractivity contribution in [2.75, 3.05) is 11.9 Å². The highest BCUT2D eigenvalue weighted by Gasteiger charge is 2.23. The first-order valence-electron chi connectivity index (χ1n) is 10.8. The summed E-state index contributed by atoms with van der Waals surface area (Å²) in [7, 11) is 0. The van der Waals surface area contributed by atoms with Gasteiger partial charge in [-0.2, -0.15) is 0 Å². The molecule has 3 heterocycles. The maximum Gasteiger partial charge on any atom is 0.278 e. The normalized spacial score (nSPS) is 13.5. The molecule has 1 aliphatic rings. The summed E-state index contributed by atoms with van der Waals surface area (Å²) in [5.74, 6) is -0.988. The molecule has 166 valence electrons. The van der Waals surface area contributed by atoms with Gasteiger partial charge in [-0.3, -0.25) is 14.7 Å². The fraction of sp³-hybridized carbons (Fsp3) is 0.200. The molecular weight excluding hydrogens is 419 g/mol. The van der Waals surface area contributed by atoms with Gasteiger partial charge < -0.3 is 5.32 Å². The lowest BCUT2D eigenvalue weighted by Gasteiger charge is -2.29. The minimum absolute atomic E-state index is 0.113. The first kappa shape index (κ1) is 21.0. The van der Waals surface area contributed by atoms with Crippen LogP contribution in [0.25, 0.3) is 5.69 Å². The molecule has 1 amide bonds. The monoisotopic (exact) mass is 442 g/mol. The maximum atomic E-state index is 13.9. The van der Waals surface area contributed by atoms with Crippen LogP contribution in [0.2, 0.25) is 0 Å². The second kappa shape index (κ2) is 8.91. The fourth-order valence-corrected chi connectivity index (χ4v) is 4.21. The Hall–Kier alpha value is -3.91. The summed E-state index contributed by atoms with van der Waals surface area (Å²) in [5, 5.41) is 10.9. The van der Waals surface area contributed by atoms with Gasteiger partial charge in [-0.1, -0.05) is 35.5 Å². The third-order valence-electron chi connectivity index (χ3n) is 5.89. The Morgan fingerprint density at radius 2 is 1.94 bits per heavy atom. The molecule has 1 aliphatic heterocycles. The van der Waals surface area contributed by atoms with Crippen LogP contribution in [0.4, 0.5) is 10.1 Å². The number of halogens is 1. The molecule has 8 heteroatoms. The predicted molar refractivity (Wildman–Crippen MR) is 123 cm³/mol. The van der Waals surface area contributed by atoms with Crippen LogP contribution in [0.5, 0.6) is 0 Å². The van der Waals surface area contributed by atoms with Crippen molar-refractivity contribution in [3.05, 3.63) is 101 Å². The number of rotatable bonds is 5. The zero-order chi connectivity index (χ0) is 22.8. The number of hydrogen-bond acceptors (Lipinski definition) is 5. The number of anilines is 1. The Balaban J connectivity index is 1.38. The molecule has 0 saturated carbocycles. The van der Waals surface area contributed by atoms with E-state index in [1.54, 1.807) is 23.7 Å². The van der Waals surface area contributed by atoms with Crippen molar-refractivity contribution >= 4 is 11.6 Å². The summed E-state index contributed by atoms with van der Waals surface area (Å²) in [4.78, 5) is 19.5. The zero-order valence-electron chi connectivity index (χ0n) is 18.2. The molecule has 0 atom stereocenters. The Kier molecular flexibility index (Phi) is 5.66. The van der Waals surface area contributed by atoms with Gasteiger partial charge in [-0.15, -0.1) is 5.10 Å². The summed E-state index contributed by atoms with van der Waals surface area (Å²) in [6.07, 6.45) is 2.67. The molecule has 2 aromatic heterocycles. The Bertz CT molecular complexity index is 1300. The summed E-state index contributed by atoms with van der Waals surface area (Å²) in [5.41, 5.74) is 5.28. The molecule has 0 spiro atoms. The molecule has 2 aromatic carbocycles. The van der Waals surface area contributed by atoms with Crippen LogP contribution >= 0.6 is 0 Å². The van der Waals surface area contributed by atoms with Crippen LogP contribution in [-0.4, -0.2) is 37.3 Å². The number of hydrogen-bond donors (Lipinski definition) is 1. The van der Waals surface area contributed by atoms with E-state index in [2.05, 4.69) is 31.6 Å². The van der Waals surface area contributed by atoms with Gasteiger partial charge >= 0.3 is 0 Å². The minimum Gasteiger partial charge on any atom is -0.318 e. The Labute approximate surface area is 190 Å². The molecule has 0 radical (unpaired) electrons. The Morgan fingerprint density at radius 3 is 2.76 bits per heavy atom. The number of aromatic nitrogens is 4. The SMILES string of the molecule is Cc1c(C(=O)Nc2ccccc2F)nnn1-c1cccc2c1CCN(Cc1ccccn1)C2. The van der Waals surface area contributed by atoms with Crippen LogP contribution in [-0.2, 0) is 19.5 Å². The second-order valence-electron chi connectivity index (χ2n) is 8.07. The number of carbonyl (C=O) groups excluding carboxylic acids is 1. The molecule has 1 N–H and O–H groups in total. The smallest absolute Gasteiger partial charge is 0.278 e. The highest BCUT2D eigenvalue weighted by atomic mass is 19.1. The van der Waals surface area contributed by atoms with Crippen LogP contribution in [0, 0.1) is 12.7 Å². The fourth-order valence-electron chi connectivity index (χ4n) is 4.21. The molecule has 0 saturated heterocycles. The molecule has 33 heavy (non-hydrogen) atoms. The largest absolute Gasteiger partial charge is 0.318 e. The van der Waals surface area contributed by atoms with Crippen molar-refractivity contribution in [3.8, 4) is 5.69 Å². The number of pyridine rings is 1. The summed E-state index contributed by atoms with van der Waals surface area (Å²) in [6.45, 7) is 4.31. The zero-order valence-corrected chi connectivity index (χ0v) is 18.2. The van der Waals surface area contributed by atoms with Gasteiger partial charge in [0.15, 0.2) is 5.69 Å². The van der Waals surface area contributed by atoms with E-state index in [9.17, 15) is 9.18 Å². The number of nitrogens with one attached hydrogen (secondary N) is 1. The number of amides is 1. The van der Waals surface area contributed by atoms with E-state index in [0.29, 0.717) is 5.69 Å². The van der Waals surface area contributed by atoms with Crippen molar-refractivity contribution in [3.63, 3.8) is 0 Å². The summed E-state index contributed by atoms with van der Waals surface area (Å²) < 4.78 is 15.6. The third kappa shape index (κ3) is 4.25. The van der Waals surface area contributed by atoms with E-state index in [-0.39, 0.29) is 11.4 Å². The predicted octanol–water partition coefficient (Wildman–Crippen LogP) is 3.92. The molecule has 7 nitrogen and oxygen atoms in total. The van der Waals surface area contributed by atoms with Crippen molar-refractivity contribution in [2.45, 2.75) is 26.4 Å². The first-order chi connectivity index (χ1) is 16.1. The topological polar surface area (TPSA) is 75.9 Å². The van der Waals surface area contributed by atoms with E-state index in [1.165, 1.54) is 23.3 Å². The molecule has 4 aromatic rings. The van der Waals surface area contributed by atoms with Gasteiger partial charge in [0.05, 0.1) is 22.8 Å². The Morgan fingerprint density at radius 1 is 1.09 bits per heavy atom. The summed E-state index contributed by atoms with van der Waals surface area (Å²) in [6, 6.07) is 18.1. The molecule has 0 bridgehead atoms. The van der Waals surface area contributed by atoms with E-state index >= 15 is 0 Å². The van der Waals surface area contributed by atoms with Gasteiger partial charge in [0, 0.05) is 25.8 Å². The molecule has 0 fully saturated rings. The lowest BCUT2D eigenvalue weighted by Crippen LogP contribution is -2.31. The minimum atomic E-state index is -0.497. The van der Waals surface area contributed by atoms with Gasteiger partial charge in [0.25, 0.3) is 5.91 Å². The third-order valence-corrected chi connectivity index (χ3v) is 5.89. The van der Waals surface area contributed by atoms with Crippen molar-refractivity contribution in [1.82, 2.24) is 24.9 Å². The van der Waals surface area contributed by atoms with Gasteiger partial charge in [-0.25, -0.2) is 9.07 Å². The number of nitrogens with zero attached hydrogens (tertiary/aromatic N) is 5. The van der Waals surface area contributed by atoms with Crippen molar-refractivity contribution < 1.29 is 9.18 Å².